The summed E-state index contributed by atoms with van der Waals surface area (Å²) in [6, 6.07) is 15.6. The topological polar surface area (TPSA) is 102 Å². The second-order valence-electron chi connectivity index (χ2n) is 5.93. The molecule has 0 saturated heterocycles. The van der Waals surface area contributed by atoms with Gasteiger partial charge in [-0.25, -0.2) is 0 Å². The van der Waals surface area contributed by atoms with E-state index in [-0.39, 0.29) is 11.1 Å². The highest BCUT2D eigenvalue weighted by Gasteiger charge is 2.17. The summed E-state index contributed by atoms with van der Waals surface area (Å²) in [5.41, 5.74) is 3.45. The van der Waals surface area contributed by atoms with E-state index in [9.17, 15) is 5.26 Å². The summed E-state index contributed by atoms with van der Waals surface area (Å²) in [6.45, 7) is 0. The van der Waals surface area contributed by atoms with Gasteiger partial charge in [0, 0.05) is 34.4 Å². The van der Waals surface area contributed by atoms with Gasteiger partial charge in [0.05, 0.1) is 10.9 Å². The molecule has 5 rings (SSSR count). The Morgan fingerprint density at radius 3 is 2.69 bits per heavy atom. The van der Waals surface area contributed by atoms with E-state index in [1.807, 2.05) is 42.5 Å². The summed E-state index contributed by atoms with van der Waals surface area (Å²) >= 11 is 0. The van der Waals surface area contributed by atoms with Crippen molar-refractivity contribution in [1.82, 2.24) is 15.0 Å². The van der Waals surface area contributed by atoms with Crippen LogP contribution in [-0.4, -0.2) is 15.0 Å². The number of hydrogen-bond donors (Lipinski definition) is 2. The fourth-order valence-electron chi connectivity index (χ4n) is 3.29. The van der Waals surface area contributed by atoms with Crippen LogP contribution >= 0.6 is 0 Å². The number of aromatic amines is 1. The van der Waals surface area contributed by atoms with Crippen LogP contribution in [0, 0.1) is 16.7 Å². The SMILES string of the molecule is N#Cc1c(=N)nc2oc3ccccc3c3cc(-c4ccncc4)[nH]c1c23. The molecule has 4 heterocycles. The van der Waals surface area contributed by atoms with Crippen LogP contribution in [0.15, 0.2) is 59.3 Å². The number of aromatic nitrogens is 3. The molecule has 0 aliphatic rings. The average molecular weight is 337 g/mol. The molecule has 0 fully saturated rings. The first-order chi connectivity index (χ1) is 12.8. The fraction of sp³-hybridized carbons (Fsp3) is 0. The molecule has 0 unspecified atom stereocenters. The van der Waals surface area contributed by atoms with Crippen LogP contribution in [0.3, 0.4) is 0 Å². The lowest BCUT2D eigenvalue weighted by atomic mass is 10.0. The molecule has 0 radical (unpaired) electrons. The van der Waals surface area contributed by atoms with E-state index < -0.39 is 0 Å². The van der Waals surface area contributed by atoms with Crippen molar-refractivity contribution in [2.45, 2.75) is 0 Å². The number of fused-ring (bicyclic) bond motifs is 2. The van der Waals surface area contributed by atoms with E-state index in [2.05, 4.69) is 21.0 Å². The predicted molar refractivity (Wildman–Crippen MR) is 97.2 cm³/mol. The van der Waals surface area contributed by atoms with E-state index in [1.165, 1.54) is 0 Å². The van der Waals surface area contributed by atoms with Crippen molar-refractivity contribution in [3.8, 4) is 17.3 Å². The maximum Gasteiger partial charge on any atom is 0.231 e. The van der Waals surface area contributed by atoms with Gasteiger partial charge >= 0.3 is 0 Å². The largest absolute Gasteiger partial charge is 0.438 e. The third kappa shape index (κ3) is 1.95. The molecule has 122 valence electrons. The van der Waals surface area contributed by atoms with Crippen LogP contribution in [0.4, 0.5) is 0 Å². The summed E-state index contributed by atoms with van der Waals surface area (Å²) in [7, 11) is 0. The third-order valence-corrected chi connectivity index (χ3v) is 4.47. The van der Waals surface area contributed by atoms with E-state index >= 15 is 0 Å². The highest BCUT2D eigenvalue weighted by atomic mass is 16.3. The fourth-order valence-corrected chi connectivity index (χ4v) is 3.29. The normalized spacial score (nSPS) is 11.2. The Hall–Kier alpha value is -3.98. The molecule has 6 nitrogen and oxygen atoms in total. The van der Waals surface area contributed by atoms with Gasteiger partial charge in [-0.05, 0) is 24.3 Å². The lowest BCUT2D eigenvalue weighted by Crippen LogP contribution is -2.12. The van der Waals surface area contributed by atoms with Crippen LogP contribution in [0.2, 0.25) is 0 Å². The second-order valence-corrected chi connectivity index (χ2v) is 5.93. The molecule has 0 bridgehead atoms. The van der Waals surface area contributed by atoms with Crippen LogP contribution in [0.1, 0.15) is 5.56 Å². The molecule has 0 saturated carbocycles. The monoisotopic (exact) mass is 337 g/mol. The van der Waals surface area contributed by atoms with Gasteiger partial charge in [-0.3, -0.25) is 10.4 Å². The Kier molecular flexibility index (Phi) is 2.91. The number of rotatable bonds is 1. The van der Waals surface area contributed by atoms with Crippen molar-refractivity contribution in [3.05, 3.63) is 65.9 Å². The molecule has 2 N–H and O–H groups in total. The van der Waals surface area contributed by atoms with Gasteiger partial charge in [0.2, 0.25) is 5.71 Å². The number of nitrogens with zero attached hydrogens (tertiary/aromatic N) is 3. The maximum atomic E-state index is 9.56. The van der Waals surface area contributed by atoms with Crippen LogP contribution in [-0.2, 0) is 0 Å². The summed E-state index contributed by atoms with van der Waals surface area (Å²) in [6.07, 6.45) is 3.43. The minimum Gasteiger partial charge on any atom is -0.438 e. The maximum absolute atomic E-state index is 9.56. The number of benzene rings is 1. The molecule has 0 atom stereocenters. The summed E-state index contributed by atoms with van der Waals surface area (Å²) in [5.74, 6) is 0. The first-order valence-electron chi connectivity index (χ1n) is 7.99. The molecule has 0 aliphatic carbocycles. The lowest BCUT2D eigenvalue weighted by Gasteiger charge is -2.12. The number of nitrogens with one attached hydrogen (secondary N) is 2. The van der Waals surface area contributed by atoms with Gasteiger partial charge in [0.25, 0.3) is 0 Å². The van der Waals surface area contributed by atoms with Gasteiger partial charge in [-0.15, -0.1) is 0 Å². The first kappa shape index (κ1) is 14.4. The van der Waals surface area contributed by atoms with Crippen molar-refractivity contribution >= 4 is 33.0 Å². The zero-order valence-electron chi connectivity index (χ0n) is 13.4. The Morgan fingerprint density at radius 2 is 1.88 bits per heavy atom. The van der Waals surface area contributed by atoms with Crippen LogP contribution in [0.5, 0.6) is 0 Å². The molecule has 26 heavy (non-hydrogen) atoms. The average Bonchev–Trinajstić information content (AvgIpc) is 2.68. The Balaban J connectivity index is 2.08. The number of H-pyrrole nitrogens is 1. The molecule has 1 aromatic carbocycles. The zero-order valence-corrected chi connectivity index (χ0v) is 13.4. The summed E-state index contributed by atoms with van der Waals surface area (Å²) < 4.78 is 5.90. The van der Waals surface area contributed by atoms with Gasteiger partial charge in [-0.2, -0.15) is 10.2 Å². The van der Waals surface area contributed by atoms with Gasteiger partial charge in [-0.1, -0.05) is 18.2 Å². The predicted octanol–water partition coefficient (Wildman–Crippen LogP) is 3.88. The summed E-state index contributed by atoms with van der Waals surface area (Å²) in [4.78, 5) is 11.5. The van der Waals surface area contributed by atoms with Crippen LogP contribution < -0.4 is 5.49 Å². The lowest BCUT2D eigenvalue weighted by molar-refractivity contribution is 0.643. The van der Waals surface area contributed by atoms with Crippen molar-refractivity contribution in [1.29, 1.82) is 10.7 Å². The van der Waals surface area contributed by atoms with Crippen molar-refractivity contribution in [2.75, 3.05) is 0 Å². The molecule has 4 aromatic heterocycles. The number of nitriles is 1. The zero-order chi connectivity index (χ0) is 17.7. The molecule has 0 spiro atoms. The van der Waals surface area contributed by atoms with Gasteiger partial charge in [0.15, 0.2) is 5.49 Å². The van der Waals surface area contributed by atoms with E-state index in [0.29, 0.717) is 22.2 Å². The van der Waals surface area contributed by atoms with Crippen molar-refractivity contribution < 1.29 is 4.42 Å². The van der Waals surface area contributed by atoms with E-state index in [4.69, 9.17) is 9.83 Å². The quantitative estimate of drug-likeness (QED) is 0.358. The highest BCUT2D eigenvalue weighted by molar-refractivity contribution is 6.17. The Bertz CT molecular complexity index is 1410. The summed E-state index contributed by atoms with van der Waals surface area (Å²) in [5, 5.41) is 20.2. The van der Waals surface area contributed by atoms with Crippen molar-refractivity contribution in [2.24, 2.45) is 0 Å². The molecular formula is C20H11N5O. The Labute approximate surface area is 146 Å². The minimum absolute atomic E-state index is 0.108. The Morgan fingerprint density at radius 1 is 1.08 bits per heavy atom. The minimum atomic E-state index is -0.108. The molecule has 0 aliphatic heterocycles. The second kappa shape index (κ2) is 5.26. The molecular weight excluding hydrogens is 326 g/mol. The molecule has 5 aromatic rings. The van der Waals surface area contributed by atoms with E-state index in [0.717, 1.165) is 22.0 Å². The standard InChI is InChI=1S/C20H11N5O/c21-10-14-18-17-13(9-15(24-18)11-5-7-23-8-6-11)12-3-1-2-4-16(12)26-20(17)25-19(14)22/h1-9,22,24H. The number of hydrogen-bond acceptors (Lipinski definition) is 5. The smallest absolute Gasteiger partial charge is 0.231 e. The molecule has 0 amide bonds. The van der Waals surface area contributed by atoms with Crippen LogP contribution in [0.25, 0.3) is 44.2 Å². The van der Waals surface area contributed by atoms with Gasteiger partial charge < -0.3 is 9.40 Å². The number of para-hydroxylation sites is 1. The highest BCUT2D eigenvalue weighted by Crippen LogP contribution is 2.34. The number of pyridine rings is 3. The first-order valence-corrected chi connectivity index (χ1v) is 7.99. The van der Waals surface area contributed by atoms with E-state index in [1.54, 1.807) is 12.4 Å². The molecule has 6 heteroatoms. The third-order valence-electron chi connectivity index (χ3n) is 4.47. The van der Waals surface area contributed by atoms with Gasteiger partial charge in [0.1, 0.15) is 17.2 Å². The van der Waals surface area contributed by atoms with Crippen molar-refractivity contribution in [3.63, 3.8) is 0 Å².